The Morgan fingerprint density at radius 2 is 1.59 bits per heavy atom. The number of hydroxylamine groups is 1. The van der Waals surface area contributed by atoms with E-state index in [4.69, 9.17) is 4.84 Å². The van der Waals surface area contributed by atoms with E-state index in [2.05, 4.69) is 0 Å². The Balaban J connectivity index is 1.58. The molecule has 2 heterocycles. The number of rotatable bonds is 4. The molecule has 3 atom stereocenters. The Hall–Kier alpha value is -4.11. The zero-order valence-electron chi connectivity index (χ0n) is 16.5. The van der Waals surface area contributed by atoms with Crippen molar-refractivity contribution in [2.45, 2.75) is 12.1 Å². The molecule has 5 rings (SSSR count). The Kier molecular flexibility index (Phi) is 4.67. The van der Waals surface area contributed by atoms with Gasteiger partial charge in [0.05, 0.1) is 22.3 Å². The summed E-state index contributed by atoms with van der Waals surface area (Å²) < 4.78 is 13.3. The number of nitro groups is 1. The van der Waals surface area contributed by atoms with Gasteiger partial charge in [-0.15, -0.1) is 0 Å². The molecule has 2 saturated heterocycles. The summed E-state index contributed by atoms with van der Waals surface area (Å²) in [6.45, 7) is 0. The first kappa shape index (κ1) is 19.8. The first-order valence-electron chi connectivity index (χ1n) is 9.84. The van der Waals surface area contributed by atoms with Crippen LogP contribution in [-0.2, 0) is 14.4 Å². The smallest absolute Gasteiger partial charge is 0.271 e. The summed E-state index contributed by atoms with van der Waals surface area (Å²) in [7, 11) is 0. The number of carbonyl (C=O) groups is 2. The number of nitro benzene ring substituents is 1. The maximum Gasteiger partial charge on any atom is 0.271 e. The minimum absolute atomic E-state index is 0.138. The van der Waals surface area contributed by atoms with Crippen LogP contribution in [0.3, 0.4) is 0 Å². The third kappa shape index (κ3) is 3.10. The van der Waals surface area contributed by atoms with E-state index < -0.39 is 40.6 Å². The molecule has 3 aromatic rings. The van der Waals surface area contributed by atoms with E-state index in [-0.39, 0.29) is 11.4 Å². The third-order valence-corrected chi connectivity index (χ3v) is 5.64. The predicted octanol–water partition coefficient (Wildman–Crippen LogP) is 3.79. The second-order valence-electron chi connectivity index (χ2n) is 7.50. The number of imide groups is 1. The lowest BCUT2D eigenvalue weighted by atomic mass is 9.90. The van der Waals surface area contributed by atoms with Gasteiger partial charge in [0.1, 0.15) is 11.7 Å². The highest BCUT2D eigenvalue weighted by atomic mass is 19.1. The van der Waals surface area contributed by atoms with E-state index >= 15 is 0 Å². The van der Waals surface area contributed by atoms with Gasteiger partial charge in [-0.1, -0.05) is 36.4 Å². The fourth-order valence-electron chi connectivity index (χ4n) is 4.22. The number of fused-ring (bicyclic) bond motifs is 1. The average Bonchev–Trinajstić information content (AvgIpc) is 3.31. The van der Waals surface area contributed by atoms with Gasteiger partial charge in [-0.25, -0.2) is 14.4 Å². The highest BCUT2D eigenvalue weighted by Crippen LogP contribution is 2.47. The lowest BCUT2D eigenvalue weighted by Crippen LogP contribution is -2.37. The van der Waals surface area contributed by atoms with Crippen LogP contribution in [-0.4, -0.2) is 22.8 Å². The van der Waals surface area contributed by atoms with Crippen LogP contribution in [0.5, 0.6) is 0 Å². The number of nitrogens with zero attached hydrogens (tertiary/aromatic N) is 3. The molecule has 0 radical (unpaired) electrons. The monoisotopic (exact) mass is 433 g/mol. The number of anilines is 2. The van der Waals surface area contributed by atoms with Gasteiger partial charge in [0, 0.05) is 12.1 Å². The summed E-state index contributed by atoms with van der Waals surface area (Å²) in [6.07, 6.45) is -1.11. The Morgan fingerprint density at radius 3 is 2.28 bits per heavy atom. The molecule has 0 unspecified atom stereocenters. The van der Waals surface area contributed by atoms with Crippen molar-refractivity contribution in [2.75, 3.05) is 9.96 Å². The van der Waals surface area contributed by atoms with Crippen LogP contribution >= 0.6 is 0 Å². The average molecular weight is 433 g/mol. The highest BCUT2D eigenvalue weighted by molar-refractivity contribution is 6.23. The Morgan fingerprint density at radius 1 is 0.875 bits per heavy atom. The molecule has 0 aromatic heterocycles. The number of carbonyl (C=O) groups excluding carboxylic acids is 2. The van der Waals surface area contributed by atoms with Gasteiger partial charge in [-0.05, 0) is 35.9 Å². The van der Waals surface area contributed by atoms with Gasteiger partial charge in [-0.3, -0.25) is 24.5 Å². The first-order valence-corrected chi connectivity index (χ1v) is 9.84. The lowest BCUT2D eigenvalue weighted by molar-refractivity contribution is -0.384. The second-order valence-corrected chi connectivity index (χ2v) is 7.50. The van der Waals surface area contributed by atoms with Gasteiger partial charge in [0.15, 0.2) is 6.10 Å². The van der Waals surface area contributed by atoms with Crippen molar-refractivity contribution in [3.05, 3.63) is 100 Å². The van der Waals surface area contributed by atoms with Crippen LogP contribution in [0.15, 0.2) is 78.9 Å². The molecule has 3 aromatic carbocycles. The van der Waals surface area contributed by atoms with Crippen LogP contribution in [0.4, 0.5) is 21.5 Å². The van der Waals surface area contributed by atoms with E-state index in [1.807, 2.05) is 6.07 Å². The predicted molar refractivity (Wildman–Crippen MR) is 112 cm³/mol. The van der Waals surface area contributed by atoms with E-state index in [0.717, 1.165) is 4.90 Å². The number of benzene rings is 3. The van der Waals surface area contributed by atoms with Crippen molar-refractivity contribution >= 4 is 28.9 Å². The SMILES string of the molecule is O=C1[C@@H]2[C@@H](ON(c3cccc([N+](=O)[O-])c3)[C@H]2c2ccccc2)C(=O)N1c1ccc(F)cc1. The number of hydrogen-bond acceptors (Lipinski definition) is 6. The maximum absolute atomic E-state index is 13.4. The first-order chi connectivity index (χ1) is 15.5. The molecule has 32 heavy (non-hydrogen) atoms. The minimum atomic E-state index is -1.11. The highest BCUT2D eigenvalue weighted by Gasteiger charge is 2.60. The molecule has 0 N–H and O–H groups in total. The zero-order valence-corrected chi connectivity index (χ0v) is 16.5. The van der Waals surface area contributed by atoms with Crippen LogP contribution in [0.1, 0.15) is 11.6 Å². The van der Waals surface area contributed by atoms with Crippen molar-refractivity contribution in [3.63, 3.8) is 0 Å². The maximum atomic E-state index is 13.4. The molecule has 2 fully saturated rings. The molecule has 0 aliphatic carbocycles. The fourth-order valence-corrected chi connectivity index (χ4v) is 4.22. The number of amides is 2. The van der Waals surface area contributed by atoms with Crippen LogP contribution < -0.4 is 9.96 Å². The molecular formula is C23H16FN3O5. The van der Waals surface area contributed by atoms with E-state index in [1.165, 1.54) is 47.5 Å². The van der Waals surface area contributed by atoms with Crippen LogP contribution in [0, 0.1) is 21.8 Å². The lowest BCUT2D eigenvalue weighted by Gasteiger charge is -2.28. The van der Waals surface area contributed by atoms with Crippen molar-refractivity contribution < 1.29 is 23.7 Å². The van der Waals surface area contributed by atoms with E-state index in [1.54, 1.807) is 30.3 Å². The summed E-state index contributed by atoms with van der Waals surface area (Å²) in [4.78, 5) is 44.3. The Bertz CT molecular complexity index is 1220. The van der Waals surface area contributed by atoms with E-state index in [0.29, 0.717) is 11.3 Å². The van der Waals surface area contributed by atoms with Crippen LogP contribution in [0.25, 0.3) is 0 Å². The summed E-state index contributed by atoms with van der Waals surface area (Å²) >= 11 is 0. The van der Waals surface area contributed by atoms with Crippen molar-refractivity contribution in [1.82, 2.24) is 0 Å². The zero-order chi connectivity index (χ0) is 22.4. The second kappa shape index (κ2) is 7.54. The standard InChI is InChI=1S/C23H16FN3O5/c24-15-9-11-16(12-10-15)25-22(28)19-20(14-5-2-1-3-6-14)26(32-21(19)23(25)29)17-7-4-8-18(13-17)27(30)31/h1-13,19-21H/t19-,20-,21+/m0/s1. The fraction of sp³-hybridized carbons (Fsp3) is 0.130. The summed E-state index contributed by atoms with van der Waals surface area (Å²) in [5.74, 6) is -2.41. The quantitative estimate of drug-likeness (QED) is 0.353. The molecular weight excluding hydrogens is 417 g/mol. The van der Waals surface area contributed by atoms with Crippen molar-refractivity contribution in [3.8, 4) is 0 Å². The Labute approximate surface area is 181 Å². The molecule has 0 saturated carbocycles. The number of halogens is 1. The number of non-ortho nitro benzene ring substituents is 1. The normalized spacial score (nSPS) is 22.3. The molecule has 2 aliphatic rings. The van der Waals surface area contributed by atoms with Crippen molar-refractivity contribution in [2.24, 2.45) is 5.92 Å². The van der Waals surface area contributed by atoms with Crippen LogP contribution in [0.2, 0.25) is 0 Å². The minimum Gasteiger partial charge on any atom is -0.273 e. The molecule has 160 valence electrons. The molecule has 0 spiro atoms. The van der Waals surface area contributed by atoms with E-state index in [9.17, 15) is 24.1 Å². The van der Waals surface area contributed by atoms with Gasteiger partial charge >= 0.3 is 0 Å². The molecule has 0 bridgehead atoms. The van der Waals surface area contributed by atoms with Gasteiger partial charge < -0.3 is 0 Å². The summed E-state index contributed by atoms with van der Waals surface area (Å²) in [6, 6.07) is 19.2. The summed E-state index contributed by atoms with van der Waals surface area (Å²) in [5, 5.41) is 12.6. The van der Waals surface area contributed by atoms with Crippen molar-refractivity contribution in [1.29, 1.82) is 0 Å². The largest absolute Gasteiger partial charge is 0.273 e. The van der Waals surface area contributed by atoms with Gasteiger partial charge in [-0.2, -0.15) is 0 Å². The topological polar surface area (TPSA) is 93.0 Å². The van der Waals surface area contributed by atoms with Gasteiger partial charge in [0.25, 0.3) is 11.6 Å². The molecule has 2 amide bonds. The summed E-state index contributed by atoms with van der Waals surface area (Å²) in [5.41, 5.74) is 1.19. The molecule has 9 heteroatoms. The molecule has 8 nitrogen and oxygen atoms in total. The molecule has 2 aliphatic heterocycles. The third-order valence-electron chi connectivity index (χ3n) is 5.64. The number of hydrogen-bond donors (Lipinski definition) is 0. The van der Waals surface area contributed by atoms with Gasteiger partial charge in [0.2, 0.25) is 5.91 Å².